The first-order valence-corrected chi connectivity index (χ1v) is 1.32. The molecule has 50 valence electrons. The fourth-order valence-corrected chi connectivity index (χ4v) is 0. The van der Waals surface area contributed by atoms with Gasteiger partial charge in [-0.3, -0.25) is 0 Å². The maximum atomic E-state index is 8.24. The van der Waals surface area contributed by atoms with Gasteiger partial charge in [0.05, 0.1) is 0 Å². The van der Waals surface area contributed by atoms with E-state index in [1.165, 1.54) is 0 Å². The second-order valence-corrected chi connectivity index (χ2v) is 0.291. The third kappa shape index (κ3) is 2080. The summed E-state index contributed by atoms with van der Waals surface area (Å²) in [5.74, 6) is 0. The van der Waals surface area contributed by atoms with Gasteiger partial charge >= 0.3 is 29.6 Å². The summed E-state index contributed by atoms with van der Waals surface area (Å²) in [4.78, 5) is 0. The Bertz CT molecular complexity index is 117. The van der Waals surface area contributed by atoms with E-state index >= 15 is 0 Å². The molecule has 0 atom stereocenters. The number of hydrogen-bond acceptors (Lipinski definition) is 6. The van der Waals surface area contributed by atoms with Crippen LogP contribution in [0.2, 0.25) is 0 Å². The van der Waals surface area contributed by atoms with Crippen LogP contribution < -0.4 is 34.7 Å². The first-order chi connectivity index (χ1) is 4.24. The zero-order valence-corrected chi connectivity index (χ0v) is 10.8. The summed E-state index contributed by atoms with van der Waals surface area (Å²) in [6.07, 6.45) is 2.00. The summed E-state index contributed by atoms with van der Waals surface area (Å²) in [5, 5.41) is 42.5. The Hall–Kier alpha value is -0.507. The van der Waals surface area contributed by atoms with Crippen LogP contribution in [-0.2, 0) is 19.5 Å². The second kappa shape index (κ2) is 110. The van der Waals surface area contributed by atoms with E-state index in [1.807, 2.05) is 0 Å². The van der Waals surface area contributed by atoms with Crippen LogP contribution in [0.1, 0.15) is 0 Å². The molecule has 0 amide bonds. The van der Waals surface area contributed by atoms with Gasteiger partial charge in [-0.25, -0.2) is 5.26 Å². The molecule has 0 rings (SSSR count). The van der Waals surface area contributed by atoms with E-state index in [2.05, 4.69) is 0 Å². The summed E-state index contributed by atoms with van der Waals surface area (Å²) < 4.78 is 0. The number of hydrogen-bond donors (Lipinski definition) is 2. The Morgan fingerprint density at radius 3 is 1.00 bits per heavy atom. The van der Waals surface area contributed by atoms with Crippen molar-refractivity contribution in [1.82, 2.24) is 0 Å². The molecule has 0 unspecified atom stereocenters. The van der Waals surface area contributed by atoms with E-state index in [0.29, 0.717) is 6.26 Å². The van der Waals surface area contributed by atoms with Gasteiger partial charge in [0.2, 0.25) is 0 Å². The Morgan fingerprint density at radius 2 is 1.00 bits per heavy atom. The van der Waals surface area contributed by atoms with Gasteiger partial charge in [0, 0.05) is 25.7 Å². The first-order valence-electron chi connectivity index (χ1n) is 1.32. The predicted octanol–water partition coefficient (Wildman–Crippen LogP) is -4.49. The number of rotatable bonds is 0. The van der Waals surface area contributed by atoms with Gasteiger partial charge in [-0.1, -0.05) is 0 Å². The maximum Gasteiger partial charge on any atom is 1.00 e. The molecule has 0 aliphatic rings. The van der Waals surface area contributed by atoms with Crippen molar-refractivity contribution in [2.45, 2.75) is 0 Å². The summed E-state index contributed by atoms with van der Waals surface area (Å²) in [6, 6.07) is 0. The smallest absolute Gasteiger partial charge is 0.812 e. The first kappa shape index (κ1) is 31.3. The molecule has 0 aromatic heterocycles. The van der Waals surface area contributed by atoms with Crippen LogP contribution in [0.25, 0.3) is 0 Å². The number of nitrogens with zero attached hydrogens (tertiary/aromatic N) is 3. The molecule has 0 aromatic carbocycles. The molecule has 0 aliphatic heterocycles. The van der Waals surface area contributed by atoms with Crippen LogP contribution in [0, 0.1) is 34.6 Å². The quantitative estimate of drug-likeness (QED) is 0.309. The molecule has 0 aromatic rings. The Labute approximate surface area is 98.3 Å². The number of nitriles is 3. The van der Waals surface area contributed by atoms with Gasteiger partial charge in [-0.05, 0) is 0 Å². The molecule has 2 N–H and O–H groups in total. The summed E-state index contributed by atoms with van der Waals surface area (Å²) in [7, 11) is 0. The minimum absolute atomic E-state index is 0. The fraction of sp³-hybridized carbons (Fsp3) is 0. The SMILES string of the molecule is N#CO.N#CO.N#C[O-].[Na+].[Zn]. The van der Waals surface area contributed by atoms with E-state index in [4.69, 9.17) is 31.1 Å². The van der Waals surface area contributed by atoms with E-state index in [1.54, 1.807) is 0 Å². The molecule has 0 spiro atoms. The van der Waals surface area contributed by atoms with Gasteiger partial charge in [-0.2, -0.15) is 10.5 Å². The Kier molecular flexibility index (Phi) is 314. The second-order valence-electron chi connectivity index (χ2n) is 0.291. The topological polar surface area (TPSA) is 135 Å². The summed E-state index contributed by atoms with van der Waals surface area (Å²) in [5.41, 5.74) is 0. The van der Waals surface area contributed by atoms with E-state index < -0.39 is 0 Å². The van der Waals surface area contributed by atoms with Crippen molar-refractivity contribution >= 4 is 0 Å². The molecule has 6 nitrogen and oxygen atoms in total. The van der Waals surface area contributed by atoms with Crippen LogP contribution in [0.15, 0.2) is 0 Å². The van der Waals surface area contributed by atoms with E-state index in [-0.39, 0.29) is 49.0 Å². The molecule has 0 fully saturated rings. The zero-order chi connectivity index (χ0) is 8.12. The molecule has 11 heavy (non-hydrogen) atoms. The van der Waals surface area contributed by atoms with Crippen LogP contribution in [-0.4, -0.2) is 10.2 Å². The van der Waals surface area contributed by atoms with Gasteiger partial charge in [0.1, 0.15) is 0 Å². The molecule has 0 aliphatic carbocycles. The third-order valence-corrected chi connectivity index (χ3v) is 0. The van der Waals surface area contributed by atoms with Crippen LogP contribution in [0.4, 0.5) is 0 Å². The van der Waals surface area contributed by atoms with Gasteiger partial charge in [0.15, 0.2) is 0 Å². The summed E-state index contributed by atoms with van der Waals surface area (Å²) in [6.45, 7) is 0. The molecule has 8 heteroatoms. The molecule has 0 bridgehead atoms. The largest absolute Gasteiger partial charge is 1.00 e. The molecular formula is C3H2N3NaO3Zn. The van der Waals surface area contributed by atoms with Crippen LogP contribution in [0.3, 0.4) is 0 Å². The third-order valence-electron chi connectivity index (χ3n) is 0. The molecule has 0 radical (unpaired) electrons. The minimum atomic E-state index is 0. The number of aliphatic hydroxyl groups is 2. The van der Waals surface area contributed by atoms with Gasteiger partial charge < -0.3 is 15.3 Å². The summed E-state index contributed by atoms with van der Waals surface area (Å²) >= 11 is 0. The molecule has 0 saturated carbocycles. The van der Waals surface area contributed by atoms with Crippen molar-refractivity contribution in [3.8, 4) is 18.8 Å². The van der Waals surface area contributed by atoms with Crippen LogP contribution >= 0.6 is 0 Å². The molecular weight excluding hydrogens is 214 g/mol. The van der Waals surface area contributed by atoms with E-state index in [9.17, 15) is 0 Å². The van der Waals surface area contributed by atoms with Crippen molar-refractivity contribution in [1.29, 1.82) is 15.8 Å². The molecule has 0 saturated heterocycles. The fourth-order valence-electron chi connectivity index (χ4n) is 0. The normalized spacial score (nSPS) is 1.91. The maximum absolute atomic E-state index is 8.24. The van der Waals surface area contributed by atoms with Gasteiger partial charge in [0.25, 0.3) is 12.5 Å². The van der Waals surface area contributed by atoms with Crippen LogP contribution in [0.5, 0.6) is 0 Å². The van der Waals surface area contributed by atoms with Crippen molar-refractivity contribution < 1.29 is 64.4 Å². The standard InChI is InChI=1S/3CHNO.Na.Zn/c3*2-1-3;;/h3*3H;;/q;;;+1;/p-1. The average molecular weight is 216 g/mol. The van der Waals surface area contributed by atoms with Crippen molar-refractivity contribution in [3.63, 3.8) is 0 Å². The number of aliphatic hydroxyl groups excluding tert-OH is 2. The Morgan fingerprint density at radius 1 is 1.00 bits per heavy atom. The molecule has 0 heterocycles. The van der Waals surface area contributed by atoms with Crippen molar-refractivity contribution in [2.24, 2.45) is 0 Å². The monoisotopic (exact) mass is 215 g/mol. The van der Waals surface area contributed by atoms with Gasteiger partial charge in [-0.15, -0.1) is 0 Å². The van der Waals surface area contributed by atoms with E-state index in [0.717, 1.165) is 12.5 Å². The average Bonchev–Trinajstić information content (AvgIpc) is 1.70. The van der Waals surface area contributed by atoms with Crippen molar-refractivity contribution in [3.05, 3.63) is 0 Å². The zero-order valence-electron chi connectivity index (χ0n) is 5.85. The minimum Gasteiger partial charge on any atom is -0.812 e. The van der Waals surface area contributed by atoms with Crippen molar-refractivity contribution in [2.75, 3.05) is 0 Å². The Balaban J connectivity index is -0.0000000150. The predicted molar refractivity (Wildman–Crippen MR) is 20.7 cm³/mol.